The molecule has 0 aliphatic carbocycles. The summed E-state index contributed by atoms with van der Waals surface area (Å²) in [5, 5.41) is 9.86. The summed E-state index contributed by atoms with van der Waals surface area (Å²) in [6.45, 7) is 11.3. The maximum absolute atomic E-state index is 12.5. The van der Waals surface area contributed by atoms with Crippen molar-refractivity contribution in [1.82, 2.24) is 14.6 Å². The highest BCUT2D eigenvalue weighted by atomic mass is 32.2. The number of aromatic hydroxyl groups is 1. The standard InChI is InChI=1S/C29H36N4O5S/c1-5-38-27-15-21(14-23(17-27)24-16-26(34)19-30-18-24)20-32-10-12-33(13-11-32)25-8-6-22(7-9-25)28(35)31-39(36,37)29(2,3)4/h6-9,14-19,34H,5,10-13,20H2,1-4H3,(H,31,35). The first-order valence-electron chi connectivity index (χ1n) is 13.0. The highest BCUT2D eigenvalue weighted by Gasteiger charge is 2.31. The summed E-state index contributed by atoms with van der Waals surface area (Å²) < 4.78 is 31.5. The fourth-order valence-corrected chi connectivity index (χ4v) is 5.00. The first-order chi connectivity index (χ1) is 18.4. The Balaban J connectivity index is 1.38. The molecule has 1 saturated heterocycles. The van der Waals surface area contributed by atoms with Gasteiger partial charge in [0, 0.05) is 55.7 Å². The van der Waals surface area contributed by atoms with Crippen LogP contribution >= 0.6 is 0 Å². The van der Waals surface area contributed by atoms with Gasteiger partial charge in [0.15, 0.2) is 0 Å². The smallest absolute Gasteiger partial charge is 0.264 e. The van der Waals surface area contributed by atoms with Crippen molar-refractivity contribution in [1.29, 1.82) is 0 Å². The largest absolute Gasteiger partial charge is 0.506 e. The Morgan fingerprint density at radius 1 is 1.00 bits per heavy atom. The summed E-state index contributed by atoms with van der Waals surface area (Å²) in [4.78, 5) is 21.2. The number of pyridine rings is 1. The Morgan fingerprint density at radius 2 is 1.69 bits per heavy atom. The molecule has 2 heterocycles. The van der Waals surface area contributed by atoms with Gasteiger partial charge in [0.05, 0.1) is 17.6 Å². The number of carbonyl (C=O) groups excluding carboxylic acids is 1. The van der Waals surface area contributed by atoms with Crippen molar-refractivity contribution >= 4 is 21.6 Å². The molecule has 1 fully saturated rings. The average molecular weight is 553 g/mol. The summed E-state index contributed by atoms with van der Waals surface area (Å²) in [5.41, 5.74) is 4.18. The van der Waals surface area contributed by atoms with E-state index in [0.717, 1.165) is 60.9 Å². The van der Waals surface area contributed by atoms with Gasteiger partial charge in [0.25, 0.3) is 5.91 Å². The highest BCUT2D eigenvalue weighted by Crippen LogP contribution is 2.29. The van der Waals surface area contributed by atoms with Crippen molar-refractivity contribution in [3.05, 3.63) is 72.1 Å². The number of nitrogens with zero attached hydrogens (tertiary/aromatic N) is 3. The Bertz CT molecular complexity index is 1410. The van der Waals surface area contributed by atoms with Gasteiger partial charge in [-0.1, -0.05) is 0 Å². The molecule has 0 radical (unpaired) electrons. The molecule has 2 aromatic carbocycles. The SMILES string of the molecule is CCOc1cc(CN2CCN(c3ccc(C(=O)NS(=O)(=O)C(C)(C)C)cc3)CC2)cc(-c2cncc(O)c2)c1. The number of nitrogens with one attached hydrogen (secondary N) is 1. The highest BCUT2D eigenvalue weighted by molar-refractivity contribution is 7.91. The Hall–Kier alpha value is -3.63. The molecule has 208 valence electrons. The average Bonchev–Trinajstić information content (AvgIpc) is 2.88. The molecule has 1 aromatic heterocycles. The summed E-state index contributed by atoms with van der Waals surface area (Å²) in [6, 6.07) is 14.8. The number of hydrogen-bond donors (Lipinski definition) is 2. The lowest BCUT2D eigenvalue weighted by Gasteiger charge is -2.36. The number of anilines is 1. The predicted octanol–water partition coefficient (Wildman–Crippen LogP) is 4.03. The Morgan fingerprint density at radius 3 is 2.31 bits per heavy atom. The lowest BCUT2D eigenvalue weighted by atomic mass is 10.0. The van der Waals surface area contributed by atoms with E-state index in [2.05, 4.69) is 31.6 Å². The maximum atomic E-state index is 12.5. The molecule has 9 nitrogen and oxygen atoms in total. The van der Waals surface area contributed by atoms with Gasteiger partial charge in [-0.2, -0.15) is 0 Å². The first kappa shape index (κ1) is 28.4. The van der Waals surface area contributed by atoms with E-state index in [0.29, 0.717) is 12.2 Å². The molecule has 2 N–H and O–H groups in total. The normalized spacial score (nSPS) is 14.7. The monoisotopic (exact) mass is 552 g/mol. The number of sulfonamides is 1. The summed E-state index contributed by atoms with van der Waals surface area (Å²) in [7, 11) is -3.77. The zero-order valence-electron chi connectivity index (χ0n) is 22.8. The van der Waals surface area contributed by atoms with Crippen LogP contribution in [0.5, 0.6) is 11.5 Å². The third kappa shape index (κ3) is 7.07. The van der Waals surface area contributed by atoms with Crippen LogP contribution in [0.1, 0.15) is 43.6 Å². The van der Waals surface area contributed by atoms with Crippen LogP contribution < -0.4 is 14.4 Å². The van der Waals surface area contributed by atoms with E-state index in [1.807, 2.05) is 25.1 Å². The van der Waals surface area contributed by atoms with Gasteiger partial charge in [0.1, 0.15) is 11.5 Å². The minimum absolute atomic E-state index is 0.121. The van der Waals surface area contributed by atoms with Crippen LogP contribution in [0.25, 0.3) is 11.1 Å². The fraction of sp³-hybridized carbons (Fsp3) is 0.379. The molecule has 1 aliphatic rings. The van der Waals surface area contributed by atoms with E-state index in [-0.39, 0.29) is 5.75 Å². The molecule has 4 rings (SSSR count). The van der Waals surface area contributed by atoms with Crippen LogP contribution in [-0.4, -0.2) is 66.8 Å². The van der Waals surface area contributed by atoms with E-state index < -0.39 is 20.7 Å². The lowest BCUT2D eigenvalue weighted by molar-refractivity contribution is 0.0980. The molecule has 1 amide bonds. The zero-order chi connectivity index (χ0) is 28.2. The number of piperazine rings is 1. The molecular weight excluding hydrogens is 516 g/mol. The van der Waals surface area contributed by atoms with Gasteiger partial charge in [0.2, 0.25) is 10.0 Å². The van der Waals surface area contributed by atoms with Crippen molar-refractivity contribution < 1.29 is 23.1 Å². The predicted molar refractivity (Wildman–Crippen MR) is 153 cm³/mol. The van der Waals surface area contributed by atoms with E-state index >= 15 is 0 Å². The lowest BCUT2D eigenvalue weighted by Crippen LogP contribution is -2.46. The van der Waals surface area contributed by atoms with Crippen LogP contribution in [0.2, 0.25) is 0 Å². The second kappa shape index (κ2) is 11.6. The first-order valence-corrected chi connectivity index (χ1v) is 14.5. The minimum atomic E-state index is -3.77. The van der Waals surface area contributed by atoms with Crippen molar-refractivity contribution in [2.45, 2.75) is 39.0 Å². The van der Waals surface area contributed by atoms with Gasteiger partial charge in [-0.15, -0.1) is 0 Å². The number of ether oxygens (including phenoxy) is 1. The molecule has 1 aliphatic heterocycles. The number of aromatic nitrogens is 1. The molecule has 0 bridgehead atoms. The van der Waals surface area contributed by atoms with Crippen LogP contribution in [0, 0.1) is 0 Å². The third-order valence-electron chi connectivity index (χ3n) is 6.64. The van der Waals surface area contributed by atoms with Gasteiger partial charge >= 0.3 is 0 Å². The van der Waals surface area contributed by atoms with Gasteiger partial charge < -0.3 is 14.7 Å². The van der Waals surface area contributed by atoms with Crippen LogP contribution in [-0.2, 0) is 16.6 Å². The molecular formula is C29H36N4O5S. The van der Waals surface area contributed by atoms with Crippen LogP contribution in [0.3, 0.4) is 0 Å². The van der Waals surface area contributed by atoms with E-state index in [4.69, 9.17) is 4.74 Å². The third-order valence-corrected chi connectivity index (χ3v) is 8.71. The van der Waals surface area contributed by atoms with E-state index in [1.54, 1.807) is 45.2 Å². The molecule has 0 spiro atoms. The van der Waals surface area contributed by atoms with E-state index in [1.165, 1.54) is 6.20 Å². The number of amides is 1. The van der Waals surface area contributed by atoms with Crippen molar-refractivity contribution in [3.8, 4) is 22.6 Å². The number of rotatable bonds is 8. The minimum Gasteiger partial charge on any atom is -0.506 e. The maximum Gasteiger partial charge on any atom is 0.264 e. The van der Waals surface area contributed by atoms with Gasteiger partial charge in [-0.3, -0.25) is 14.7 Å². The zero-order valence-corrected chi connectivity index (χ0v) is 23.7. The topological polar surface area (TPSA) is 112 Å². The van der Waals surface area contributed by atoms with Crippen LogP contribution in [0.4, 0.5) is 5.69 Å². The number of benzene rings is 2. The van der Waals surface area contributed by atoms with Gasteiger partial charge in [-0.05, 0) is 87.4 Å². The van der Waals surface area contributed by atoms with Crippen molar-refractivity contribution in [3.63, 3.8) is 0 Å². The quantitative estimate of drug-likeness (QED) is 0.431. The second-order valence-corrected chi connectivity index (χ2v) is 13.0. The molecule has 0 atom stereocenters. The fourth-order valence-electron chi connectivity index (χ4n) is 4.33. The summed E-state index contributed by atoms with van der Waals surface area (Å²) >= 11 is 0. The Kier molecular flexibility index (Phi) is 8.46. The van der Waals surface area contributed by atoms with Crippen molar-refractivity contribution in [2.75, 3.05) is 37.7 Å². The second-order valence-electron chi connectivity index (χ2n) is 10.6. The van der Waals surface area contributed by atoms with Gasteiger partial charge in [-0.25, -0.2) is 13.1 Å². The van der Waals surface area contributed by atoms with Crippen LogP contribution in [0.15, 0.2) is 60.9 Å². The molecule has 3 aromatic rings. The number of hydrogen-bond acceptors (Lipinski definition) is 8. The molecule has 39 heavy (non-hydrogen) atoms. The number of carbonyl (C=O) groups is 1. The summed E-state index contributed by atoms with van der Waals surface area (Å²) in [6.07, 6.45) is 3.14. The van der Waals surface area contributed by atoms with Crippen molar-refractivity contribution in [2.24, 2.45) is 0 Å². The Labute approximate surface area is 230 Å². The van der Waals surface area contributed by atoms with E-state index in [9.17, 15) is 18.3 Å². The molecule has 10 heteroatoms. The molecule has 0 saturated carbocycles. The molecule has 0 unspecified atom stereocenters. The summed E-state index contributed by atoms with van der Waals surface area (Å²) in [5.74, 6) is 0.276.